The molecule has 0 aliphatic rings. The largest absolute Gasteiger partial charge is 0.413 e. The summed E-state index contributed by atoms with van der Waals surface area (Å²) in [6, 6.07) is 6.64. The van der Waals surface area contributed by atoms with E-state index in [0.29, 0.717) is 17.7 Å². The molecule has 0 amide bonds. The monoisotopic (exact) mass is 224 g/mol. The molecule has 0 aromatic heterocycles. The van der Waals surface area contributed by atoms with Crippen molar-refractivity contribution in [2.24, 2.45) is 0 Å². The average Bonchev–Trinajstić information content (AvgIpc) is 2.14. The smallest absolute Gasteiger partial charge is 0.184 e. The average molecular weight is 224 g/mol. The molecule has 1 rings (SSSR count). The number of benzene rings is 1. The Morgan fingerprint density at radius 3 is 2.47 bits per heavy atom. The predicted molar refractivity (Wildman–Crippen MR) is 64.7 cm³/mol. The van der Waals surface area contributed by atoms with Gasteiger partial charge in [0, 0.05) is 5.56 Å². The van der Waals surface area contributed by atoms with Crippen molar-refractivity contribution in [3.63, 3.8) is 0 Å². The van der Waals surface area contributed by atoms with Gasteiger partial charge in [-0.3, -0.25) is 0 Å². The maximum atomic E-state index is 13.4. The molecule has 82 valence electrons. The first-order chi connectivity index (χ1) is 6.90. The minimum absolute atomic E-state index is 0.235. The highest BCUT2D eigenvalue weighted by molar-refractivity contribution is 6.69. The number of hydrogen-bond donors (Lipinski definition) is 0. The maximum absolute atomic E-state index is 13.4. The standard InChI is InChI=1S/C12H17FOSi/c1-10(9-14-15(2,3)4)11-7-5-6-8-12(11)13/h5-8H,1,9H2,2-4H3. The Hall–Kier alpha value is -0.933. The zero-order valence-corrected chi connectivity index (χ0v) is 10.5. The Labute approximate surface area is 91.7 Å². The molecule has 1 nitrogen and oxygen atoms in total. The molecule has 1 aromatic carbocycles. The van der Waals surface area contributed by atoms with Crippen molar-refractivity contribution in [2.75, 3.05) is 6.61 Å². The van der Waals surface area contributed by atoms with E-state index < -0.39 is 8.32 Å². The summed E-state index contributed by atoms with van der Waals surface area (Å²) >= 11 is 0. The van der Waals surface area contributed by atoms with Gasteiger partial charge in [0.15, 0.2) is 8.32 Å². The van der Waals surface area contributed by atoms with Gasteiger partial charge in [0.05, 0.1) is 6.61 Å². The molecule has 1 aromatic rings. The molecular weight excluding hydrogens is 207 g/mol. The fourth-order valence-corrected chi connectivity index (χ4v) is 1.74. The fourth-order valence-electron chi connectivity index (χ4n) is 1.13. The van der Waals surface area contributed by atoms with Gasteiger partial charge in [-0.25, -0.2) is 4.39 Å². The molecule has 0 spiro atoms. The van der Waals surface area contributed by atoms with E-state index in [9.17, 15) is 4.39 Å². The molecule has 0 unspecified atom stereocenters. The summed E-state index contributed by atoms with van der Waals surface area (Å²) in [5.41, 5.74) is 1.26. The molecule has 0 aliphatic heterocycles. The second kappa shape index (κ2) is 4.73. The molecule has 0 bridgehead atoms. The number of rotatable bonds is 4. The molecule has 0 radical (unpaired) electrons. The summed E-state index contributed by atoms with van der Waals surface area (Å²) in [4.78, 5) is 0. The molecular formula is C12H17FOSi. The summed E-state index contributed by atoms with van der Waals surface area (Å²) in [7, 11) is -1.55. The number of halogens is 1. The normalized spacial score (nSPS) is 11.5. The minimum atomic E-state index is -1.55. The van der Waals surface area contributed by atoms with Gasteiger partial charge in [0.25, 0.3) is 0 Å². The van der Waals surface area contributed by atoms with Gasteiger partial charge in [0.2, 0.25) is 0 Å². The molecule has 0 N–H and O–H groups in total. The van der Waals surface area contributed by atoms with Crippen LogP contribution in [0.2, 0.25) is 19.6 Å². The number of hydrogen-bond acceptors (Lipinski definition) is 1. The Balaban J connectivity index is 2.66. The maximum Gasteiger partial charge on any atom is 0.184 e. The summed E-state index contributed by atoms with van der Waals surface area (Å²) < 4.78 is 19.0. The highest BCUT2D eigenvalue weighted by Crippen LogP contribution is 2.18. The lowest BCUT2D eigenvalue weighted by molar-refractivity contribution is 0.364. The van der Waals surface area contributed by atoms with Crippen molar-refractivity contribution in [2.45, 2.75) is 19.6 Å². The third kappa shape index (κ3) is 3.97. The van der Waals surface area contributed by atoms with E-state index in [4.69, 9.17) is 4.43 Å². The van der Waals surface area contributed by atoms with Crippen molar-refractivity contribution in [3.8, 4) is 0 Å². The van der Waals surface area contributed by atoms with Gasteiger partial charge in [0.1, 0.15) is 5.82 Å². The van der Waals surface area contributed by atoms with Crippen LogP contribution in [0.1, 0.15) is 5.56 Å². The van der Waals surface area contributed by atoms with E-state index in [-0.39, 0.29) is 5.82 Å². The predicted octanol–water partition coefficient (Wildman–Crippen LogP) is 3.69. The van der Waals surface area contributed by atoms with Crippen molar-refractivity contribution in [1.82, 2.24) is 0 Å². The quantitative estimate of drug-likeness (QED) is 0.709. The third-order valence-corrected chi connectivity index (χ3v) is 2.94. The van der Waals surface area contributed by atoms with Crippen molar-refractivity contribution < 1.29 is 8.82 Å². The van der Waals surface area contributed by atoms with Crippen LogP contribution in [0.5, 0.6) is 0 Å². The summed E-state index contributed by atoms with van der Waals surface area (Å²) in [5.74, 6) is -0.235. The van der Waals surface area contributed by atoms with Gasteiger partial charge in [-0.05, 0) is 31.3 Å². The topological polar surface area (TPSA) is 9.23 Å². The van der Waals surface area contributed by atoms with Crippen LogP contribution < -0.4 is 0 Å². The van der Waals surface area contributed by atoms with Crippen LogP contribution in [0, 0.1) is 5.82 Å². The first-order valence-corrected chi connectivity index (χ1v) is 8.37. The molecule has 15 heavy (non-hydrogen) atoms. The van der Waals surface area contributed by atoms with Gasteiger partial charge in [-0.15, -0.1) is 0 Å². The van der Waals surface area contributed by atoms with E-state index in [1.807, 2.05) is 0 Å². The second-order valence-electron chi connectivity index (χ2n) is 4.48. The van der Waals surface area contributed by atoms with Crippen LogP contribution in [0.15, 0.2) is 30.8 Å². The van der Waals surface area contributed by atoms with Crippen LogP contribution in [0.3, 0.4) is 0 Å². The summed E-state index contributed by atoms with van der Waals surface area (Å²) in [6.45, 7) is 10.6. The van der Waals surface area contributed by atoms with E-state index in [0.717, 1.165) is 0 Å². The van der Waals surface area contributed by atoms with Gasteiger partial charge >= 0.3 is 0 Å². The van der Waals surface area contributed by atoms with Gasteiger partial charge in [-0.2, -0.15) is 0 Å². The zero-order valence-electron chi connectivity index (χ0n) is 9.51. The molecule has 0 saturated carbocycles. The van der Waals surface area contributed by atoms with E-state index >= 15 is 0 Å². The summed E-state index contributed by atoms with van der Waals surface area (Å²) in [5, 5.41) is 0. The lowest BCUT2D eigenvalue weighted by Gasteiger charge is -2.18. The SMILES string of the molecule is C=C(CO[Si](C)(C)C)c1ccccc1F. The van der Waals surface area contributed by atoms with E-state index in [1.165, 1.54) is 6.07 Å². The molecule has 0 saturated heterocycles. The molecule has 0 fully saturated rings. The highest BCUT2D eigenvalue weighted by atomic mass is 28.4. The Morgan fingerprint density at radius 1 is 1.33 bits per heavy atom. The van der Waals surface area contributed by atoms with Crippen molar-refractivity contribution >= 4 is 13.9 Å². The minimum Gasteiger partial charge on any atom is -0.413 e. The third-order valence-electron chi connectivity index (χ3n) is 1.93. The van der Waals surface area contributed by atoms with Crippen LogP contribution in [0.25, 0.3) is 5.57 Å². The van der Waals surface area contributed by atoms with Crippen molar-refractivity contribution in [1.29, 1.82) is 0 Å². The lowest BCUT2D eigenvalue weighted by Crippen LogP contribution is -2.26. The molecule has 0 aliphatic carbocycles. The van der Waals surface area contributed by atoms with Gasteiger partial charge < -0.3 is 4.43 Å². The molecule has 0 heterocycles. The zero-order chi connectivity index (χ0) is 11.5. The van der Waals surface area contributed by atoms with Crippen LogP contribution in [0.4, 0.5) is 4.39 Å². The first kappa shape index (κ1) is 12.1. The van der Waals surface area contributed by atoms with Crippen LogP contribution in [-0.2, 0) is 4.43 Å². The molecule has 3 heteroatoms. The van der Waals surface area contributed by atoms with Crippen LogP contribution in [-0.4, -0.2) is 14.9 Å². The highest BCUT2D eigenvalue weighted by Gasteiger charge is 2.15. The molecule has 0 atom stereocenters. The summed E-state index contributed by atoms with van der Waals surface area (Å²) in [6.07, 6.45) is 0. The fraction of sp³-hybridized carbons (Fsp3) is 0.333. The second-order valence-corrected chi connectivity index (χ2v) is 9.00. The first-order valence-electron chi connectivity index (χ1n) is 4.97. The van der Waals surface area contributed by atoms with E-state index in [2.05, 4.69) is 26.2 Å². The lowest BCUT2D eigenvalue weighted by atomic mass is 10.1. The van der Waals surface area contributed by atoms with Crippen molar-refractivity contribution in [3.05, 3.63) is 42.2 Å². The Morgan fingerprint density at radius 2 is 1.93 bits per heavy atom. The van der Waals surface area contributed by atoms with Gasteiger partial charge in [-0.1, -0.05) is 24.8 Å². The Kier molecular flexibility index (Phi) is 3.82. The van der Waals surface area contributed by atoms with Crippen LogP contribution >= 0.6 is 0 Å². The van der Waals surface area contributed by atoms with E-state index in [1.54, 1.807) is 18.2 Å². The Bertz CT molecular complexity index is 355.